The number of aliphatic hydroxyl groups excluding tert-OH is 1. The smallest absolute Gasteiger partial charge is 0.253 e. The van der Waals surface area contributed by atoms with Gasteiger partial charge in [0.25, 0.3) is 5.91 Å². The average molecular weight is 297 g/mol. The van der Waals surface area contributed by atoms with E-state index in [4.69, 9.17) is 4.74 Å². The van der Waals surface area contributed by atoms with E-state index >= 15 is 0 Å². The normalized spacial score (nSPS) is 18.3. The topological polar surface area (TPSA) is 58.6 Å². The first-order valence-corrected chi connectivity index (χ1v) is 7.43. The van der Waals surface area contributed by atoms with Gasteiger partial charge in [-0.15, -0.1) is 0 Å². The molecule has 0 saturated carbocycles. The third-order valence-corrected chi connectivity index (χ3v) is 3.91. The van der Waals surface area contributed by atoms with Gasteiger partial charge in [0.05, 0.1) is 12.7 Å². The van der Waals surface area contributed by atoms with Gasteiger partial charge in [0.2, 0.25) is 0 Å². The SMILES string of the molecule is O=C(NCC1Cc2ccccc2CO1)C(O)c1ccccc1. The molecule has 1 heterocycles. The molecular formula is C18H19NO3. The maximum Gasteiger partial charge on any atom is 0.253 e. The highest BCUT2D eigenvalue weighted by atomic mass is 16.5. The Hall–Kier alpha value is -2.17. The number of aliphatic hydroxyl groups is 1. The van der Waals surface area contributed by atoms with Crippen LogP contribution in [0.5, 0.6) is 0 Å². The third kappa shape index (κ3) is 3.35. The van der Waals surface area contributed by atoms with Crippen molar-refractivity contribution in [3.63, 3.8) is 0 Å². The fraction of sp³-hybridized carbons (Fsp3) is 0.278. The maximum atomic E-state index is 12.0. The zero-order valence-electron chi connectivity index (χ0n) is 12.2. The molecule has 4 nitrogen and oxygen atoms in total. The first-order valence-electron chi connectivity index (χ1n) is 7.43. The molecule has 3 rings (SSSR count). The lowest BCUT2D eigenvalue weighted by Gasteiger charge is -2.25. The summed E-state index contributed by atoms with van der Waals surface area (Å²) >= 11 is 0. The number of carbonyl (C=O) groups excluding carboxylic acids is 1. The van der Waals surface area contributed by atoms with E-state index in [1.165, 1.54) is 11.1 Å². The fourth-order valence-corrected chi connectivity index (χ4v) is 2.64. The van der Waals surface area contributed by atoms with E-state index in [-0.39, 0.29) is 6.10 Å². The van der Waals surface area contributed by atoms with E-state index in [9.17, 15) is 9.90 Å². The molecule has 2 aromatic carbocycles. The second-order valence-electron chi connectivity index (χ2n) is 5.46. The van der Waals surface area contributed by atoms with Crippen LogP contribution in [0.4, 0.5) is 0 Å². The standard InChI is InChI=1S/C18H19NO3/c20-17(13-6-2-1-3-7-13)18(21)19-11-16-10-14-8-4-5-9-15(14)12-22-16/h1-9,16-17,20H,10-12H2,(H,19,21). The molecule has 0 fully saturated rings. The number of nitrogens with one attached hydrogen (secondary N) is 1. The van der Waals surface area contributed by atoms with Crippen molar-refractivity contribution in [2.45, 2.75) is 25.2 Å². The van der Waals surface area contributed by atoms with Crippen molar-refractivity contribution in [2.24, 2.45) is 0 Å². The van der Waals surface area contributed by atoms with Crippen molar-refractivity contribution in [3.05, 3.63) is 71.3 Å². The highest BCUT2D eigenvalue weighted by Crippen LogP contribution is 2.20. The van der Waals surface area contributed by atoms with Gasteiger partial charge < -0.3 is 15.2 Å². The van der Waals surface area contributed by atoms with Crippen LogP contribution in [0.25, 0.3) is 0 Å². The Balaban J connectivity index is 1.54. The molecule has 0 saturated heterocycles. The Morgan fingerprint density at radius 2 is 1.82 bits per heavy atom. The van der Waals surface area contributed by atoms with Gasteiger partial charge >= 0.3 is 0 Å². The first-order chi connectivity index (χ1) is 10.7. The number of hydrogen-bond donors (Lipinski definition) is 2. The van der Waals surface area contributed by atoms with Gasteiger partial charge in [-0.05, 0) is 16.7 Å². The van der Waals surface area contributed by atoms with Crippen LogP contribution in [0.2, 0.25) is 0 Å². The van der Waals surface area contributed by atoms with Crippen molar-refractivity contribution in [2.75, 3.05) is 6.54 Å². The summed E-state index contributed by atoms with van der Waals surface area (Å²) in [5.74, 6) is -0.395. The van der Waals surface area contributed by atoms with E-state index in [1.807, 2.05) is 18.2 Å². The van der Waals surface area contributed by atoms with Gasteiger partial charge in [0.1, 0.15) is 0 Å². The molecule has 2 atom stereocenters. The zero-order chi connectivity index (χ0) is 15.4. The van der Waals surface area contributed by atoms with Crippen molar-refractivity contribution in [1.82, 2.24) is 5.32 Å². The molecule has 2 N–H and O–H groups in total. The van der Waals surface area contributed by atoms with Crippen molar-refractivity contribution in [1.29, 1.82) is 0 Å². The van der Waals surface area contributed by atoms with Gasteiger partial charge in [-0.2, -0.15) is 0 Å². The molecule has 0 radical (unpaired) electrons. The minimum absolute atomic E-state index is 0.0539. The van der Waals surface area contributed by atoms with Gasteiger partial charge in [-0.3, -0.25) is 4.79 Å². The number of amides is 1. The summed E-state index contributed by atoms with van der Waals surface area (Å²) in [6, 6.07) is 17.1. The Bertz CT molecular complexity index is 642. The summed E-state index contributed by atoms with van der Waals surface area (Å²) in [6.45, 7) is 0.967. The summed E-state index contributed by atoms with van der Waals surface area (Å²) < 4.78 is 5.74. The molecule has 0 aliphatic carbocycles. The predicted octanol–water partition coefficient (Wildman–Crippen LogP) is 1.98. The van der Waals surface area contributed by atoms with Gasteiger partial charge in [0.15, 0.2) is 6.10 Å². The van der Waals surface area contributed by atoms with Crippen molar-refractivity contribution in [3.8, 4) is 0 Å². The minimum atomic E-state index is -1.14. The van der Waals surface area contributed by atoms with Crippen LogP contribution in [0.1, 0.15) is 22.8 Å². The highest BCUT2D eigenvalue weighted by Gasteiger charge is 2.22. The van der Waals surface area contributed by atoms with Gasteiger partial charge in [-0.1, -0.05) is 54.6 Å². The summed E-state index contributed by atoms with van der Waals surface area (Å²) in [6.07, 6.45) is -0.420. The minimum Gasteiger partial charge on any atom is -0.378 e. The van der Waals surface area contributed by atoms with Gasteiger partial charge in [0, 0.05) is 13.0 Å². The first kappa shape index (κ1) is 14.8. The lowest BCUT2D eigenvalue weighted by atomic mass is 9.99. The van der Waals surface area contributed by atoms with Crippen LogP contribution < -0.4 is 5.32 Å². The molecule has 22 heavy (non-hydrogen) atoms. The van der Waals surface area contributed by atoms with E-state index in [2.05, 4.69) is 17.4 Å². The van der Waals surface area contributed by atoms with Crippen molar-refractivity contribution < 1.29 is 14.6 Å². The molecule has 2 aromatic rings. The Morgan fingerprint density at radius 1 is 1.14 bits per heavy atom. The average Bonchev–Trinajstić information content (AvgIpc) is 2.59. The number of fused-ring (bicyclic) bond motifs is 1. The second-order valence-corrected chi connectivity index (χ2v) is 5.46. The number of ether oxygens (including phenoxy) is 1. The van der Waals surface area contributed by atoms with Crippen molar-refractivity contribution >= 4 is 5.91 Å². The van der Waals surface area contributed by atoms with Crippen LogP contribution >= 0.6 is 0 Å². The summed E-state index contributed by atoms with van der Waals surface area (Å²) in [4.78, 5) is 12.0. The predicted molar refractivity (Wildman–Crippen MR) is 83.1 cm³/mol. The molecule has 1 amide bonds. The number of rotatable bonds is 4. The molecule has 1 aliphatic rings. The molecule has 114 valence electrons. The Kier molecular flexibility index (Phi) is 4.51. The number of hydrogen-bond acceptors (Lipinski definition) is 3. The van der Waals surface area contributed by atoms with Crippen LogP contribution in [0, 0.1) is 0 Å². The monoisotopic (exact) mass is 297 g/mol. The molecular weight excluding hydrogens is 278 g/mol. The van der Waals surface area contributed by atoms with E-state index in [0.29, 0.717) is 18.7 Å². The molecule has 0 spiro atoms. The van der Waals surface area contributed by atoms with Crippen LogP contribution in [0.3, 0.4) is 0 Å². The lowest BCUT2D eigenvalue weighted by Crippen LogP contribution is -2.38. The molecule has 0 aromatic heterocycles. The van der Waals surface area contributed by atoms with E-state index in [1.54, 1.807) is 24.3 Å². The molecule has 0 bridgehead atoms. The Morgan fingerprint density at radius 3 is 2.59 bits per heavy atom. The lowest BCUT2D eigenvalue weighted by molar-refractivity contribution is -0.130. The fourth-order valence-electron chi connectivity index (χ4n) is 2.64. The molecule has 4 heteroatoms. The van der Waals surface area contributed by atoms with Crippen LogP contribution in [0.15, 0.2) is 54.6 Å². The van der Waals surface area contributed by atoms with Gasteiger partial charge in [-0.25, -0.2) is 0 Å². The van der Waals surface area contributed by atoms with Crippen LogP contribution in [-0.2, 0) is 22.6 Å². The van der Waals surface area contributed by atoms with E-state index in [0.717, 1.165) is 6.42 Å². The molecule has 2 unspecified atom stereocenters. The number of carbonyl (C=O) groups is 1. The highest BCUT2D eigenvalue weighted by molar-refractivity contribution is 5.81. The summed E-state index contributed by atoms with van der Waals surface area (Å²) in [7, 11) is 0. The Labute approximate surface area is 129 Å². The number of benzene rings is 2. The zero-order valence-corrected chi connectivity index (χ0v) is 12.2. The second kappa shape index (κ2) is 6.73. The maximum absolute atomic E-state index is 12.0. The van der Waals surface area contributed by atoms with E-state index < -0.39 is 12.0 Å². The third-order valence-electron chi connectivity index (χ3n) is 3.91. The largest absolute Gasteiger partial charge is 0.378 e. The van der Waals surface area contributed by atoms with Crippen LogP contribution in [-0.4, -0.2) is 23.7 Å². The quantitative estimate of drug-likeness (QED) is 0.907. The molecule has 1 aliphatic heterocycles. The summed E-state index contributed by atoms with van der Waals surface area (Å²) in [5, 5.41) is 12.8. The summed E-state index contributed by atoms with van der Waals surface area (Å²) in [5.41, 5.74) is 3.06.